The van der Waals surface area contributed by atoms with Gasteiger partial charge >= 0.3 is 5.97 Å². The minimum atomic E-state index is -0.986. The molecule has 3 N–H and O–H groups in total. The molecule has 0 saturated carbocycles. The Morgan fingerprint density at radius 1 is 1.27 bits per heavy atom. The van der Waals surface area contributed by atoms with Gasteiger partial charge in [-0.25, -0.2) is 9.78 Å². The normalized spacial score (nSPS) is 8.80. The van der Waals surface area contributed by atoms with Crippen molar-refractivity contribution in [3.8, 4) is 5.75 Å². The molecule has 0 radical (unpaired) electrons. The van der Waals surface area contributed by atoms with Crippen LogP contribution in [0.25, 0.3) is 0 Å². The molecule has 0 fully saturated rings. The molecule has 0 atom stereocenters. The molecular weight excluding hydrogens is 196 g/mol. The van der Waals surface area contributed by atoms with Crippen molar-refractivity contribution >= 4 is 5.97 Å². The fourth-order valence-electron chi connectivity index (χ4n) is 0.819. The zero-order chi connectivity index (χ0) is 11.1. The predicted octanol–water partition coefficient (Wildman–Crippen LogP) is 1.50. The smallest absolute Gasteiger partial charge is 0.335 e. The van der Waals surface area contributed by atoms with Gasteiger partial charge in [0.15, 0.2) is 0 Å². The van der Waals surface area contributed by atoms with Crippen LogP contribution in [0.15, 0.2) is 43.0 Å². The molecule has 1 heterocycles. The lowest BCUT2D eigenvalue weighted by Crippen LogP contribution is -1.93. The van der Waals surface area contributed by atoms with E-state index in [9.17, 15) is 4.79 Å². The molecule has 0 amide bonds. The molecule has 5 nitrogen and oxygen atoms in total. The second-order valence-corrected chi connectivity index (χ2v) is 2.61. The number of hydrogen-bond acceptors (Lipinski definition) is 3. The van der Waals surface area contributed by atoms with Crippen LogP contribution < -0.4 is 0 Å². The van der Waals surface area contributed by atoms with Crippen LogP contribution >= 0.6 is 0 Å². The van der Waals surface area contributed by atoms with Crippen molar-refractivity contribution in [2.75, 3.05) is 0 Å². The number of aromatic amines is 1. The average Bonchev–Trinajstić information content (AvgIpc) is 2.76. The van der Waals surface area contributed by atoms with E-state index in [1.165, 1.54) is 24.3 Å². The number of benzene rings is 1. The van der Waals surface area contributed by atoms with Gasteiger partial charge in [0.05, 0.1) is 11.9 Å². The van der Waals surface area contributed by atoms with Crippen molar-refractivity contribution in [3.05, 3.63) is 48.5 Å². The number of carbonyl (C=O) groups is 1. The number of nitrogens with one attached hydrogen (secondary N) is 1. The van der Waals surface area contributed by atoms with Gasteiger partial charge < -0.3 is 15.2 Å². The molecular formula is C10H10N2O3. The molecule has 15 heavy (non-hydrogen) atoms. The van der Waals surface area contributed by atoms with Crippen molar-refractivity contribution in [2.45, 2.75) is 0 Å². The van der Waals surface area contributed by atoms with Crippen LogP contribution in [0.5, 0.6) is 5.75 Å². The summed E-state index contributed by atoms with van der Waals surface area (Å²) in [6.45, 7) is 0. The van der Waals surface area contributed by atoms with Gasteiger partial charge in [0.1, 0.15) is 5.75 Å². The van der Waals surface area contributed by atoms with Crippen molar-refractivity contribution < 1.29 is 15.0 Å². The summed E-state index contributed by atoms with van der Waals surface area (Å²) in [5, 5.41) is 17.1. The number of carboxylic acids is 1. The summed E-state index contributed by atoms with van der Waals surface area (Å²) in [5.41, 5.74) is 0.179. The zero-order valence-corrected chi connectivity index (χ0v) is 7.79. The lowest BCUT2D eigenvalue weighted by atomic mass is 10.2. The molecule has 0 bridgehead atoms. The number of phenols is 1. The van der Waals surface area contributed by atoms with Crippen molar-refractivity contribution in [1.82, 2.24) is 9.97 Å². The molecule has 2 rings (SSSR count). The number of rotatable bonds is 1. The molecule has 2 aromatic rings. The number of imidazole rings is 1. The molecule has 1 aromatic heterocycles. The second kappa shape index (κ2) is 5.43. The Balaban J connectivity index is 0.000000187. The predicted molar refractivity (Wildman–Crippen MR) is 53.7 cm³/mol. The van der Waals surface area contributed by atoms with E-state index in [-0.39, 0.29) is 11.3 Å². The highest BCUT2D eigenvalue weighted by Gasteiger charge is 1.99. The minimum Gasteiger partial charge on any atom is -0.508 e. The number of aromatic carboxylic acids is 1. The van der Waals surface area contributed by atoms with Crippen molar-refractivity contribution in [2.24, 2.45) is 0 Å². The number of nitrogens with zero attached hydrogens (tertiary/aromatic N) is 1. The summed E-state index contributed by atoms with van der Waals surface area (Å²) >= 11 is 0. The van der Waals surface area contributed by atoms with E-state index < -0.39 is 5.97 Å². The van der Waals surface area contributed by atoms with E-state index in [4.69, 9.17) is 10.2 Å². The first-order valence-corrected chi connectivity index (χ1v) is 4.15. The molecule has 0 aliphatic rings. The number of aromatic nitrogens is 2. The van der Waals surface area contributed by atoms with Crippen LogP contribution in [0.3, 0.4) is 0 Å². The Morgan fingerprint density at radius 2 is 1.93 bits per heavy atom. The summed E-state index contributed by atoms with van der Waals surface area (Å²) in [6, 6.07) is 5.36. The SMILES string of the molecule is O=C(O)c1ccc(O)cc1.c1c[nH]cn1. The molecule has 0 spiro atoms. The molecule has 0 aliphatic heterocycles. The van der Waals surface area contributed by atoms with Gasteiger partial charge in [0.25, 0.3) is 0 Å². The molecule has 5 heteroatoms. The van der Waals surface area contributed by atoms with Gasteiger partial charge in [-0.2, -0.15) is 0 Å². The lowest BCUT2D eigenvalue weighted by molar-refractivity contribution is 0.0697. The average molecular weight is 206 g/mol. The zero-order valence-electron chi connectivity index (χ0n) is 7.79. The first-order chi connectivity index (χ1) is 7.20. The fraction of sp³-hybridized carbons (Fsp3) is 0. The highest BCUT2D eigenvalue weighted by molar-refractivity contribution is 5.87. The van der Waals surface area contributed by atoms with Gasteiger partial charge in [0, 0.05) is 12.4 Å². The van der Waals surface area contributed by atoms with E-state index >= 15 is 0 Å². The summed E-state index contributed by atoms with van der Waals surface area (Å²) in [4.78, 5) is 16.6. The third-order valence-electron chi connectivity index (χ3n) is 1.52. The Morgan fingerprint density at radius 3 is 2.27 bits per heavy atom. The summed E-state index contributed by atoms with van der Waals surface area (Å²) in [6.07, 6.45) is 5.08. The Hall–Kier alpha value is -2.30. The quantitative estimate of drug-likeness (QED) is 0.659. The number of aromatic hydroxyl groups is 1. The van der Waals surface area contributed by atoms with Gasteiger partial charge in [-0.05, 0) is 24.3 Å². The summed E-state index contributed by atoms with van der Waals surface area (Å²) in [5.74, 6) is -0.912. The van der Waals surface area contributed by atoms with Gasteiger partial charge in [0.2, 0.25) is 0 Å². The van der Waals surface area contributed by atoms with Crippen LogP contribution in [0, 0.1) is 0 Å². The lowest BCUT2D eigenvalue weighted by Gasteiger charge is -1.92. The van der Waals surface area contributed by atoms with Gasteiger partial charge in [-0.3, -0.25) is 0 Å². The van der Waals surface area contributed by atoms with Crippen LogP contribution in [0.4, 0.5) is 0 Å². The third-order valence-corrected chi connectivity index (χ3v) is 1.52. The monoisotopic (exact) mass is 206 g/mol. The number of phenolic OH excluding ortho intramolecular Hbond substituents is 1. The summed E-state index contributed by atoms with van der Waals surface area (Å²) < 4.78 is 0. The maximum Gasteiger partial charge on any atom is 0.335 e. The molecule has 0 aliphatic carbocycles. The maximum absolute atomic E-state index is 10.2. The fourth-order valence-corrected chi connectivity index (χ4v) is 0.819. The highest BCUT2D eigenvalue weighted by Crippen LogP contribution is 2.08. The number of carboxylic acid groups (broad SMARTS) is 1. The Labute approximate surface area is 86.0 Å². The van der Waals surface area contributed by atoms with E-state index in [1.54, 1.807) is 18.7 Å². The third kappa shape index (κ3) is 3.95. The van der Waals surface area contributed by atoms with Crippen LogP contribution in [-0.4, -0.2) is 26.2 Å². The van der Waals surface area contributed by atoms with Crippen molar-refractivity contribution in [3.63, 3.8) is 0 Å². The van der Waals surface area contributed by atoms with E-state index in [0.717, 1.165) is 0 Å². The van der Waals surface area contributed by atoms with E-state index in [1.807, 2.05) is 0 Å². The number of H-pyrrole nitrogens is 1. The van der Waals surface area contributed by atoms with Crippen LogP contribution in [-0.2, 0) is 0 Å². The largest absolute Gasteiger partial charge is 0.508 e. The van der Waals surface area contributed by atoms with Crippen LogP contribution in [0.1, 0.15) is 10.4 Å². The topological polar surface area (TPSA) is 86.2 Å². The van der Waals surface area contributed by atoms with Gasteiger partial charge in [-0.1, -0.05) is 0 Å². The Kier molecular flexibility index (Phi) is 3.91. The van der Waals surface area contributed by atoms with Crippen LogP contribution in [0.2, 0.25) is 0 Å². The summed E-state index contributed by atoms with van der Waals surface area (Å²) in [7, 11) is 0. The molecule has 78 valence electrons. The number of hydrogen-bond donors (Lipinski definition) is 3. The van der Waals surface area contributed by atoms with Crippen molar-refractivity contribution in [1.29, 1.82) is 0 Å². The minimum absolute atomic E-state index is 0.0741. The molecule has 0 saturated heterocycles. The highest BCUT2D eigenvalue weighted by atomic mass is 16.4. The molecule has 0 unspecified atom stereocenters. The maximum atomic E-state index is 10.2. The van der Waals surface area contributed by atoms with E-state index in [2.05, 4.69) is 9.97 Å². The standard InChI is InChI=1S/C7H6O3.C3H4N2/c8-6-3-1-5(2-4-6)7(9)10;1-2-5-3-4-1/h1-4,8H,(H,9,10);1-3H,(H,4,5). The first kappa shape index (κ1) is 10.8. The second-order valence-electron chi connectivity index (χ2n) is 2.61. The Bertz CT molecular complexity index is 378. The van der Waals surface area contributed by atoms with Gasteiger partial charge in [-0.15, -0.1) is 0 Å². The van der Waals surface area contributed by atoms with E-state index in [0.29, 0.717) is 0 Å². The molecule has 1 aromatic carbocycles. The first-order valence-electron chi connectivity index (χ1n) is 4.15.